The molecular weight excluding hydrogens is 282 g/mol. The molecule has 1 atom stereocenters. The summed E-state index contributed by atoms with van der Waals surface area (Å²) in [6.07, 6.45) is 9.42. The maximum atomic E-state index is 11.9. The molecule has 5 nitrogen and oxygen atoms in total. The number of ether oxygens (including phenoxy) is 1. The van der Waals surface area contributed by atoms with Gasteiger partial charge in [-0.25, -0.2) is 0 Å². The van der Waals surface area contributed by atoms with E-state index in [4.69, 9.17) is 4.74 Å². The average molecular weight is 311 g/mol. The molecule has 0 aromatic carbocycles. The summed E-state index contributed by atoms with van der Waals surface area (Å²) in [7, 11) is 0. The van der Waals surface area contributed by atoms with Gasteiger partial charge in [-0.1, -0.05) is 25.7 Å². The Morgan fingerprint density at radius 2 is 1.82 bits per heavy atom. The maximum Gasteiger partial charge on any atom is 0.308 e. The van der Waals surface area contributed by atoms with Crippen molar-refractivity contribution in [2.45, 2.75) is 57.8 Å². The molecule has 1 unspecified atom stereocenters. The molecule has 1 saturated carbocycles. The summed E-state index contributed by atoms with van der Waals surface area (Å²) in [5.74, 6) is -0.371. The number of aliphatic carboxylic acids is 1. The van der Waals surface area contributed by atoms with E-state index < -0.39 is 11.9 Å². The molecule has 2 rings (SSSR count). The van der Waals surface area contributed by atoms with Crippen LogP contribution in [0.2, 0.25) is 0 Å². The van der Waals surface area contributed by atoms with E-state index in [0.717, 1.165) is 31.6 Å². The smallest absolute Gasteiger partial charge is 0.308 e. The molecule has 0 aromatic rings. The second-order valence-electron chi connectivity index (χ2n) is 6.74. The van der Waals surface area contributed by atoms with Crippen LogP contribution in [0, 0.1) is 17.8 Å². The third-order valence-electron chi connectivity index (χ3n) is 5.16. The van der Waals surface area contributed by atoms with Gasteiger partial charge < -0.3 is 15.2 Å². The largest absolute Gasteiger partial charge is 0.481 e. The number of nitrogens with one attached hydrogen (secondary N) is 1. The van der Waals surface area contributed by atoms with E-state index in [9.17, 15) is 14.7 Å². The van der Waals surface area contributed by atoms with Gasteiger partial charge in [-0.3, -0.25) is 9.59 Å². The standard InChI is InChI=1S/C17H29NO4/c19-16(7-3-6-13-4-1-2-5-13)18-12-15(17(20)21)14-8-10-22-11-9-14/h13-15H,1-12H2,(H,18,19)(H,20,21). The molecule has 2 N–H and O–H groups in total. The molecule has 1 amide bonds. The molecule has 0 aromatic heterocycles. The van der Waals surface area contributed by atoms with Crippen molar-refractivity contribution in [1.29, 1.82) is 0 Å². The van der Waals surface area contributed by atoms with Gasteiger partial charge in [-0.2, -0.15) is 0 Å². The lowest BCUT2D eigenvalue weighted by Gasteiger charge is -2.27. The van der Waals surface area contributed by atoms with E-state index in [0.29, 0.717) is 19.6 Å². The number of amides is 1. The van der Waals surface area contributed by atoms with Crippen molar-refractivity contribution in [1.82, 2.24) is 5.32 Å². The molecule has 1 aliphatic carbocycles. The van der Waals surface area contributed by atoms with Crippen LogP contribution in [0.5, 0.6) is 0 Å². The van der Waals surface area contributed by atoms with E-state index in [-0.39, 0.29) is 18.4 Å². The molecule has 22 heavy (non-hydrogen) atoms. The van der Waals surface area contributed by atoms with Crippen molar-refractivity contribution < 1.29 is 19.4 Å². The van der Waals surface area contributed by atoms with Crippen LogP contribution < -0.4 is 5.32 Å². The molecule has 5 heteroatoms. The summed E-state index contributed by atoms with van der Waals surface area (Å²) in [5.41, 5.74) is 0. The van der Waals surface area contributed by atoms with Crippen molar-refractivity contribution in [3.8, 4) is 0 Å². The zero-order chi connectivity index (χ0) is 15.8. The van der Waals surface area contributed by atoms with Gasteiger partial charge in [-0.05, 0) is 37.5 Å². The number of hydrogen-bond acceptors (Lipinski definition) is 3. The van der Waals surface area contributed by atoms with E-state index in [1.807, 2.05) is 0 Å². The zero-order valence-electron chi connectivity index (χ0n) is 13.4. The highest BCUT2D eigenvalue weighted by Gasteiger charge is 2.29. The molecule has 2 aliphatic rings. The summed E-state index contributed by atoms with van der Waals surface area (Å²) in [6.45, 7) is 1.51. The van der Waals surface area contributed by atoms with Gasteiger partial charge in [0.05, 0.1) is 5.92 Å². The number of carboxylic acids is 1. The molecule has 2 fully saturated rings. The molecule has 0 spiro atoms. The fraction of sp³-hybridized carbons (Fsp3) is 0.882. The summed E-state index contributed by atoms with van der Waals surface area (Å²) < 4.78 is 5.28. The average Bonchev–Trinajstić information content (AvgIpc) is 3.01. The van der Waals surface area contributed by atoms with Crippen molar-refractivity contribution in [3.63, 3.8) is 0 Å². The summed E-state index contributed by atoms with van der Waals surface area (Å²) in [5, 5.41) is 12.2. The Balaban J connectivity index is 1.64. The minimum atomic E-state index is -0.807. The summed E-state index contributed by atoms with van der Waals surface area (Å²) in [4.78, 5) is 23.3. The van der Waals surface area contributed by atoms with Gasteiger partial charge in [-0.15, -0.1) is 0 Å². The predicted molar refractivity (Wildman–Crippen MR) is 83.5 cm³/mol. The highest BCUT2D eigenvalue weighted by atomic mass is 16.5. The first kappa shape index (κ1) is 17.3. The normalized spacial score (nSPS) is 21.6. The molecule has 1 aliphatic heterocycles. The predicted octanol–water partition coefficient (Wildman–Crippen LogP) is 2.59. The lowest BCUT2D eigenvalue weighted by atomic mass is 9.86. The number of carbonyl (C=O) groups is 2. The number of carboxylic acid groups (broad SMARTS) is 1. The molecule has 1 saturated heterocycles. The molecule has 0 bridgehead atoms. The Labute approximate surface area is 132 Å². The third-order valence-corrected chi connectivity index (χ3v) is 5.16. The Bertz CT molecular complexity index is 360. The lowest BCUT2D eigenvalue weighted by molar-refractivity contribution is -0.145. The zero-order valence-corrected chi connectivity index (χ0v) is 13.4. The van der Waals surface area contributed by atoms with E-state index >= 15 is 0 Å². The van der Waals surface area contributed by atoms with Gasteiger partial charge in [0.1, 0.15) is 0 Å². The quantitative estimate of drug-likeness (QED) is 0.722. The molecule has 1 heterocycles. The molecular formula is C17H29NO4. The van der Waals surface area contributed by atoms with Gasteiger partial charge in [0.25, 0.3) is 0 Å². The van der Waals surface area contributed by atoms with E-state index in [1.54, 1.807) is 0 Å². The monoisotopic (exact) mass is 311 g/mol. The van der Waals surface area contributed by atoms with Crippen molar-refractivity contribution >= 4 is 11.9 Å². The maximum absolute atomic E-state index is 11.9. The van der Waals surface area contributed by atoms with Gasteiger partial charge in [0, 0.05) is 26.2 Å². The van der Waals surface area contributed by atoms with Gasteiger partial charge in [0.2, 0.25) is 5.91 Å². The van der Waals surface area contributed by atoms with Gasteiger partial charge >= 0.3 is 5.97 Å². The first-order chi connectivity index (χ1) is 10.7. The summed E-state index contributed by atoms with van der Waals surface area (Å²) in [6, 6.07) is 0. The number of rotatable bonds is 8. The lowest BCUT2D eigenvalue weighted by Crippen LogP contribution is -2.38. The number of carbonyl (C=O) groups excluding carboxylic acids is 1. The highest BCUT2D eigenvalue weighted by Crippen LogP contribution is 2.29. The van der Waals surface area contributed by atoms with Crippen LogP contribution in [0.4, 0.5) is 0 Å². The van der Waals surface area contributed by atoms with Crippen molar-refractivity contribution in [2.75, 3.05) is 19.8 Å². The fourth-order valence-electron chi connectivity index (χ4n) is 3.74. The first-order valence-electron chi connectivity index (χ1n) is 8.74. The van der Waals surface area contributed by atoms with Crippen molar-refractivity contribution in [3.05, 3.63) is 0 Å². The SMILES string of the molecule is O=C(CCCC1CCCC1)NCC(C(=O)O)C1CCOCC1. The Morgan fingerprint density at radius 1 is 1.14 bits per heavy atom. The second kappa shape index (κ2) is 9.13. The van der Waals surface area contributed by atoms with E-state index in [2.05, 4.69) is 5.32 Å². The summed E-state index contributed by atoms with van der Waals surface area (Å²) >= 11 is 0. The van der Waals surface area contributed by atoms with Gasteiger partial charge in [0.15, 0.2) is 0 Å². The van der Waals surface area contributed by atoms with E-state index in [1.165, 1.54) is 25.7 Å². The van der Waals surface area contributed by atoms with Crippen LogP contribution in [-0.2, 0) is 14.3 Å². The fourth-order valence-corrected chi connectivity index (χ4v) is 3.74. The van der Waals surface area contributed by atoms with Crippen molar-refractivity contribution in [2.24, 2.45) is 17.8 Å². The minimum Gasteiger partial charge on any atom is -0.481 e. The second-order valence-corrected chi connectivity index (χ2v) is 6.74. The van der Waals surface area contributed by atoms with Crippen LogP contribution in [-0.4, -0.2) is 36.7 Å². The number of hydrogen-bond donors (Lipinski definition) is 2. The van der Waals surface area contributed by atoms with Crippen LogP contribution in [0.25, 0.3) is 0 Å². The topological polar surface area (TPSA) is 75.6 Å². The minimum absolute atomic E-state index is 0.00342. The highest BCUT2D eigenvalue weighted by molar-refractivity contribution is 5.77. The molecule has 0 radical (unpaired) electrons. The first-order valence-corrected chi connectivity index (χ1v) is 8.74. The van der Waals surface area contributed by atoms with Crippen LogP contribution in [0.15, 0.2) is 0 Å². The Kier molecular flexibility index (Phi) is 7.16. The Hall–Kier alpha value is -1.10. The van der Waals surface area contributed by atoms with Crippen LogP contribution in [0.1, 0.15) is 57.8 Å². The van der Waals surface area contributed by atoms with Crippen LogP contribution in [0.3, 0.4) is 0 Å². The van der Waals surface area contributed by atoms with Crippen LogP contribution >= 0.6 is 0 Å². The third kappa shape index (κ3) is 5.59. The molecule has 126 valence electrons. The Morgan fingerprint density at radius 3 is 2.45 bits per heavy atom.